The number of halogens is 2. The Kier molecular flexibility index (Phi) is 6.59. The van der Waals surface area contributed by atoms with E-state index in [1.807, 2.05) is 0 Å². The first-order valence-corrected chi connectivity index (χ1v) is 12.5. The highest BCUT2D eigenvalue weighted by atomic mass is 35.5. The molecule has 1 aliphatic rings. The Morgan fingerprint density at radius 3 is 2.34 bits per heavy atom. The lowest BCUT2D eigenvalue weighted by molar-refractivity contribution is -0.134. The topological polar surface area (TPSA) is 114 Å². The van der Waals surface area contributed by atoms with Crippen LogP contribution in [0.4, 0.5) is 0 Å². The van der Waals surface area contributed by atoms with Gasteiger partial charge in [0.2, 0.25) is 15.9 Å². The number of likely N-dealkylation sites (tertiary alicyclic amines) is 1. The van der Waals surface area contributed by atoms with Gasteiger partial charge in [-0.3, -0.25) is 4.79 Å². The molecule has 0 unspecified atom stereocenters. The lowest BCUT2D eigenvalue weighted by atomic mass is 10.2. The molecule has 0 saturated carbocycles. The molecule has 29 heavy (non-hydrogen) atoms. The number of hydrogen-bond donors (Lipinski definition) is 1. The number of sulfonamides is 1. The van der Waals surface area contributed by atoms with Crippen molar-refractivity contribution in [3.8, 4) is 0 Å². The maximum atomic E-state index is 12.4. The molecular formula is C17H18Cl2N2O6S2. The van der Waals surface area contributed by atoms with Crippen LogP contribution in [0.1, 0.15) is 12.2 Å². The Hall–Kier alpha value is -1.59. The van der Waals surface area contributed by atoms with E-state index < -0.39 is 25.1 Å². The molecule has 158 valence electrons. The summed E-state index contributed by atoms with van der Waals surface area (Å²) in [4.78, 5) is 13.3. The molecule has 1 aliphatic heterocycles. The molecule has 0 aliphatic carbocycles. The first-order chi connectivity index (χ1) is 13.6. The quantitative estimate of drug-likeness (QED) is 0.618. The molecule has 0 atom stereocenters. The number of furan rings is 1. The Morgan fingerprint density at radius 1 is 1.10 bits per heavy atom. The van der Waals surface area contributed by atoms with Crippen molar-refractivity contribution in [3.63, 3.8) is 0 Å². The monoisotopic (exact) mass is 480 g/mol. The summed E-state index contributed by atoms with van der Waals surface area (Å²) in [6, 6.07) is 7.51. The lowest BCUT2D eigenvalue weighted by Gasteiger charge is -2.38. The van der Waals surface area contributed by atoms with Crippen LogP contribution in [0.15, 0.2) is 45.9 Å². The molecule has 2 heterocycles. The maximum absolute atomic E-state index is 12.4. The van der Waals surface area contributed by atoms with Crippen molar-refractivity contribution in [3.05, 3.63) is 52.4 Å². The fraction of sp³-hybridized carbons (Fsp3) is 0.353. The fourth-order valence-electron chi connectivity index (χ4n) is 2.84. The normalized spacial score (nSPS) is 15.3. The van der Waals surface area contributed by atoms with Crippen molar-refractivity contribution in [1.82, 2.24) is 9.62 Å². The van der Waals surface area contributed by atoms with E-state index in [9.17, 15) is 21.6 Å². The molecule has 3 rings (SSSR count). The average Bonchev–Trinajstić information content (AvgIpc) is 3.04. The van der Waals surface area contributed by atoms with Crippen LogP contribution in [0.25, 0.3) is 0 Å². The van der Waals surface area contributed by atoms with Gasteiger partial charge in [0.05, 0.1) is 21.6 Å². The molecule has 1 amide bonds. The number of sulfone groups is 1. The highest BCUT2D eigenvalue weighted by molar-refractivity contribution is 7.91. The van der Waals surface area contributed by atoms with Crippen LogP contribution in [-0.2, 0) is 30.4 Å². The number of nitrogens with one attached hydrogen (secondary N) is 1. The zero-order chi connectivity index (χ0) is 21.2. The molecule has 1 fully saturated rings. The first-order valence-electron chi connectivity index (χ1n) is 8.55. The predicted molar refractivity (Wildman–Crippen MR) is 108 cm³/mol. The Bertz CT molecular complexity index is 1070. The van der Waals surface area contributed by atoms with E-state index in [-0.39, 0.29) is 52.7 Å². The molecule has 2 aromatic rings. The van der Waals surface area contributed by atoms with Crippen LogP contribution in [0.2, 0.25) is 10.0 Å². The van der Waals surface area contributed by atoms with E-state index in [0.717, 1.165) is 0 Å². The van der Waals surface area contributed by atoms with Crippen LogP contribution in [0, 0.1) is 0 Å². The molecule has 1 aromatic carbocycles. The zero-order valence-electron chi connectivity index (χ0n) is 15.0. The summed E-state index contributed by atoms with van der Waals surface area (Å²) in [6.45, 7) is -0.0149. The van der Waals surface area contributed by atoms with Gasteiger partial charge >= 0.3 is 0 Å². The van der Waals surface area contributed by atoms with E-state index in [1.54, 1.807) is 12.1 Å². The van der Waals surface area contributed by atoms with Gasteiger partial charge in [0, 0.05) is 26.1 Å². The van der Waals surface area contributed by atoms with E-state index in [0.29, 0.717) is 5.76 Å². The SMILES string of the molecule is O=C(CCNS(=O)(=O)c1c(Cl)cccc1Cl)N1CC(S(=O)(=O)Cc2ccco2)C1. The second kappa shape index (κ2) is 8.65. The van der Waals surface area contributed by atoms with E-state index in [2.05, 4.69) is 4.72 Å². The van der Waals surface area contributed by atoms with Gasteiger partial charge in [0.1, 0.15) is 16.4 Å². The number of carbonyl (C=O) groups excluding carboxylic acids is 1. The standard InChI is InChI=1S/C17H18Cl2N2O6S2/c18-14-4-1-5-15(19)17(14)29(25,26)20-7-6-16(22)21-9-13(10-21)28(23,24)11-12-3-2-8-27-12/h1-5,8,13,20H,6-7,9-11H2. The maximum Gasteiger partial charge on any atom is 0.243 e. The van der Waals surface area contributed by atoms with Crippen molar-refractivity contribution in [1.29, 1.82) is 0 Å². The third kappa shape index (κ3) is 5.13. The van der Waals surface area contributed by atoms with Crippen molar-refractivity contribution < 1.29 is 26.0 Å². The number of carbonyl (C=O) groups is 1. The van der Waals surface area contributed by atoms with Gasteiger partial charge in [-0.25, -0.2) is 21.6 Å². The number of amides is 1. The predicted octanol–water partition coefficient (Wildman–Crippen LogP) is 2.08. The van der Waals surface area contributed by atoms with Crippen molar-refractivity contribution in [2.45, 2.75) is 22.3 Å². The van der Waals surface area contributed by atoms with E-state index in [4.69, 9.17) is 27.6 Å². The smallest absolute Gasteiger partial charge is 0.243 e. The summed E-state index contributed by atoms with van der Waals surface area (Å²) in [7, 11) is -7.42. The first kappa shape index (κ1) is 22.1. The fourth-order valence-corrected chi connectivity index (χ4v) is 6.62. The summed E-state index contributed by atoms with van der Waals surface area (Å²) >= 11 is 11.8. The second-order valence-electron chi connectivity index (χ2n) is 6.51. The minimum Gasteiger partial charge on any atom is -0.468 e. The number of nitrogens with zero attached hydrogens (tertiary/aromatic N) is 1. The third-order valence-corrected chi connectivity index (χ3v) is 8.87. The van der Waals surface area contributed by atoms with Crippen molar-refractivity contribution in [2.75, 3.05) is 19.6 Å². The average molecular weight is 481 g/mol. The number of rotatable bonds is 8. The van der Waals surface area contributed by atoms with Crippen LogP contribution in [0.3, 0.4) is 0 Å². The molecule has 0 bridgehead atoms. The second-order valence-corrected chi connectivity index (χ2v) is 11.3. The molecule has 0 radical (unpaired) electrons. The van der Waals surface area contributed by atoms with Gasteiger partial charge in [-0.1, -0.05) is 29.3 Å². The van der Waals surface area contributed by atoms with E-state index in [1.165, 1.54) is 29.4 Å². The van der Waals surface area contributed by atoms with Crippen LogP contribution in [0.5, 0.6) is 0 Å². The van der Waals surface area contributed by atoms with Gasteiger partial charge < -0.3 is 9.32 Å². The van der Waals surface area contributed by atoms with Gasteiger partial charge in [0.15, 0.2) is 9.84 Å². The van der Waals surface area contributed by atoms with Gasteiger partial charge in [-0.2, -0.15) is 0 Å². The third-order valence-electron chi connectivity index (χ3n) is 4.45. The molecule has 12 heteroatoms. The minimum atomic E-state index is -3.99. The lowest BCUT2D eigenvalue weighted by Crippen LogP contribution is -2.57. The Labute approximate surface area is 178 Å². The molecule has 1 saturated heterocycles. The molecular weight excluding hydrogens is 463 g/mol. The van der Waals surface area contributed by atoms with Crippen LogP contribution >= 0.6 is 23.2 Å². The largest absolute Gasteiger partial charge is 0.468 e. The minimum absolute atomic E-state index is 0.0244. The summed E-state index contributed by atoms with van der Waals surface area (Å²) in [6.07, 6.45) is 1.28. The van der Waals surface area contributed by atoms with Crippen LogP contribution in [-0.4, -0.2) is 52.5 Å². The number of benzene rings is 1. The summed E-state index contributed by atoms with van der Waals surface area (Å²) in [5.41, 5.74) is 0. The summed E-state index contributed by atoms with van der Waals surface area (Å²) < 4.78 is 56.6. The molecule has 0 spiro atoms. The van der Waals surface area contributed by atoms with Crippen LogP contribution < -0.4 is 4.72 Å². The summed E-state index contributed by atoms with van der Waals surface area (Å²) in [5.74, 6) is -0.213. The molecule has 8 nitrogen and oxygen atoms in total. The Morgan fingerprint density at radius 2 is 1.76 bits per heavy atom. The van der Waals surface area contributed by atoms with Gasteiger partial charge in [-0.05, 0) is 24.3 Å². The highest BCUT2D eigenvalue weighted by Crippen LogP contribution is 2.28. The zero-order valence-corrected chi connectivity index (χ0v) is 18.2. The Balaban J connectivity index is 1.49. The van der Waals surface area contributed by atoms with Gasteiger partial charge in [0.25, 0.3) is 0 Å². The molecule has 1 aromatic heterocycles. The van der Waals surface area contributed by atoms with Crippen molar-refractivity contribution in [2.24, 2.45) is 0 Å². The van der Waals surface area contributed by atoms with Gasteiger partial charge in [-0.15, -0.1) is 0 Å². The summed E-state index contributed by atoms with van der Waals surface area (Å²) in [5, 5.41) is -0.706. The highest BCUT2D eigenvalue weighted by Gasteiger charge is 2.39. The molecule has 1 N–H and O–H groups in total. The van der Waals surface area contributed by atoms with E-state index >= 15 is 0 Å². The number of hydrogen-bond acceptors (Lipinski definition) is 6. The van der Waals surface area contributed by atoms with Crippen molar-refractivity contribution >= 4 is 49.0 Å².